The van der Waals surface area contributed by atoms with Gasteiger partial charge in [0.25, 0.3) is 5.91 Å². The molecule has 0 saturated carbocycles. The summed E-state index contributed by atoms with van der Waals surface area (Å²) >= 11 is 0. The van der Waals surface area contributed by atoms with Crippen LogP contribution in [0.15, 0.2) is 103 Å². The zero-order valence-electron chi connectivity index (χ0n) is 22.4. The minimum absolute atomic E-state index is 0.0263. The van der Waals surface area contributed by atoms with Crippen LogP contribution in [0.1, 0.15) is 23.6 Å². The number of nitrogens with one attached hydrogen (secondary N) is 1. The number of ether oxygens (including phenoxy) is 4. The lowest BCUT2D eigenvalue weighted by atomic mass is 10.1. The highest BCUT2D eigenvalue weighted by atomic mass is 16.5. The third-order valence-corrected chi connectivity index (χ3v) is 5.83. The van der Waals surface area contributed by atoms with Crippen LogP contribution in [0.4, 0.5) is 5.69 Å². The second-order valence-electron chi connectivity index (χ2n) is 8.68. The Bertz CT molecular complexity index is 1490. The van der Waals surface area contributed by atoms with Crippen molar-refractivity contribution in [3.05, 3.63) is 119 Å². The summed E-state index contributed by atoms with van der Waals surface area (Å²) < 4.78 is 23.3. The molecule has 0 aromatic heterocycles. The Kier molecular flexibility index (Phi) is 9.78. The largest absolute Gasteiger partial charge is 0.493 e. The summed E-state index contributed by atoms with van der Waals surface area (Å²) in [4.78, 5) is 12.6. The molecule has 7 nitrogen and oxygen atoms in total. The van der Waals surface area contributed by atoms with Gasteiger partial charge in [0.15, 0.2) is 23.0 Å². The van der Waals surface area contributed by atoms with Crippen LogP contribution in [-0.2, 0) is 18.0 Å². The first-order valence-corrected chi connectivity index (χ1v) is 12.8. The number of anilines is 1. The molecule has 0 bridgehead atoms. The first-order valence-electron chi connectivity index (χ1n) is 12.8. The standard InChI is InChI=1S/C33H30N2O5/c1-3-38-32-19-25(18-27(21-34)33(36)35-28-12-8-5-9-13-28)14-16-30(32)40-23-26-15-17-29(31(20-26)37-2)39-22-24-10-6-4-7-11-24/h4-20H,3,22-23H2,1-2H3,(H,35,36)/b27-18+. The predicted molar refractivity (Wildman–Crippen MR) is 154 cm³/mol. The van der Waals surface area contributed by atoms with Crippen molar-refractivity contribution in [1.82, 2.24) is 0 Å². The molecule has 0 heterocycles. The van der Waals surface area contributed by atoms with E-state index in [9.17, 15) is 10.1 Å². The Morgan fingerprint density at radius 2 is 1.43 bits per heavy atom. The van der Waals surface area contributed by atoms with Crippen LogP contribution >= 0.6 is 0 Å². The van der Waals surface area contributed by atoms with E-state index in [1.807, 2.05) is 79.7 Å². The Balaban J connectivity index is 1.44. The van der Waals surface area contributed by atoms with E-state index in [0.717, 1.165) is 11.1 Å². The molecule has 4 rings (SSSR count). The smallest absolute Gasteiger partial charge is 0.266 e. The number of amides is 1. The first-order chi connectivity index (χ1) is 19.6. The molecule has 0 aliphatic carbocycles. The zero-order valence-corrected chi connectivity index (χ0v) is 22.4. The van der Waals surface area contributed by atoms with E-state index >= 15 is 0 Å². The average Bonchev–Trinajstić information content (AvgIpc) is 2.99. The molecule has 7 heteroatoms. The van der Waals surface area contributed by atoms with Crippen LogP contribution in [0.25, 0.3) is 6.08 Å². The zero-order chi connectivity index (χ0) is 28.2. The molecule has 0 aliphatic rings. The second kappa shape index (κ2) is 14.1. The van der Waals surface area contributed by atoms with Crippen molar-refractivity contribution in [1.29, 1.82) is 5.26 Å². The Labute approximate surface area is 234 Å². The van der Waals surface area contributed by atoms with Crippen molar-refractivity contribution in [2.75, 3.05) is 19.0 Å². The van der Waals surface area contributed by atoms with Crippen molar-refractivity contribution < 1.29 is 23.7 Å². The van der Waals surface area contributed by atoms with E-state index in [0.29, 0.717) is 47.5 Å². The number of carbonyl (C=O) groups is 1. The van der Waals surface area contributed by atoms with Crippen LogP contribution in [0.2, 0.25) is 0 Å². The number of nitrogens with zero attached hydrogens (tertiary/aromatic N) is 1. The highest BCUT2D eigenvalue weighted by Gasteiger charge is 2.13. The van der Waals surface area contributed by atoms with Crippen LogP contribution in [0.5, 0.6) is 23.0 Å². The number of hydrogen-bond acceptors (Lipinski definition) is 6. The van der Waals surface area contributed by atoms with Crippen molar-refractivity contribution >= 4 is 17.7 Å². The molecule has 0 radical (unpaired) electrons. The van der Waals surface area contributed by atoms with Gasteiger partial charge in [-0.3, -0.25) is 4.79 Å². The molecule has 0 fully saturated rings. The Morgan fingerprint density at radius 1 is 0.775 bits per heavy atom. The minimum Gasteiger partial charge on any atom is -0.493 e. The van der Waals surface area contributed by atoms with Crippen LogP contribution in [-0.4, -0.2) is 19.6 Å². The number of carbonyl (C=O) groups excluding carboxylic acids is 1. The molecule has 0 saturated heterocycles. The van der Waals surface area contributed by atoms with E-state index in [-0.39, 0.29) is 12.2 Å². The molecule has 4 aromatic rings. The minimum atomic E-state index is -0.489. The molecular weight excluding hydrogens is 504 g/mol. The van der Waals surface area contributed by atoms with E-state index in [1.54, 1.807) is 37.4 Å². The van der Waals surface area contributed by atoms with E-state index in [4.69, 9.17) is 18.9 Å². The van der Waals surface area contributed by atoms with Gasteiger partial charge in [0.1, 0.15) is 24.9 Å². The monoisotopic (exact) mass is 534 g/mol. The molecule has 0 spiro atoms. The van der Waals surface area contributed by atoms with E-state index < -0.39 is 5.91 Å². The third-order valence-electron chi connectivity index (χ3n) is 5.83. The van der Waals surface area contributed by atoms with Gasteiger partial charge >= 0.3 is 0 Å². The summed E-state index contributed by atoms with van der Waals surface area (Å²) in [5, 5.41) is 12.3. The molecular formula is C33H30N2O5. The summed E-state index contributed by atoms with van der Waals surface area (Å²) in [7, 11) is 1.60. The van der Waals surface area contributed by atoms with E-state index in [1.165, 1.54) is 6.08 Å². The van der Waals surface area contributed by atoms with Crippen molar-refractivity contribution in [3.63, 3.8) is 0 Å². The van der Waals surface area contributed by atoms with Crippen LogP contribution in [0, 0.1) is 11.3 Å². The summed E-state index contributed by atoms with van der Waals surface area (Å²) in [5.74, 6) is 1.81. The maximum Gasteiger partial charge on any atom is 0.266 e. The highest BCUT2D eigenvalue weighted by molar-refractivity contribution is 6.09. The number of para-hydroxylation sites is 1. The van der Waals surface area contributed by atoms with E-state index in [2.05, 4.69) is 5.32 Å². The SMILES string of the molecule is CCOc1cc(/C=C(\C#N)C(=O)Nc2ccccc2)ccc1OCc1ccc(OCc2ccccc2)c(OC)c1. The lowest BCUT2D eigenvalue weighted by molar-refractivity contribution is -0.112. The van der Waals surface area contributed by atoms with Gasteiger partial charge in [0.05, 0.1) is 13.7 Å². The average molecular weight is 535 g/mol. The topological polar surface area (TPSA) is 89.8 Å². The maximum atomic E-state index is 12.6. The van der Waals surface area contributed by atoms with Crippen molar-refractivity contribution in [2.45, 2.75) is 20.1 Å². The fourth-order valence-electron chi connectivity index (χ4n) is 3.85. The molecule has 0 unspecified atom stereocenters. The predicted octanol–water partition coefficient (Wildman–Crippen LogP) is 6.80. The lowest BCUT2D eigenvalue weighted by Gasteiger charge is -2.15. The number of rotatable bonds is 12. The lowest BCUT2D eigenvalue weighted by Crippen LogP contribution is -2.13. The van der Waals surface area contributed by atoms with Gasteiger partial charge in [-0.05, 0) is 66.1 Å². The molecule has 4 aromatic carbocycles. The van der Waals surface area contributed by atoms with Gasteiger partial charge in [0, 0.05) is 5.69 Å². The molecule has 0 aliphatic heterocycles. The summed E-state index contributed by atoms with van der Waals surface area (Å²) in [6.07, 6.45) is 1.52. The van der Waals surface area contributed by atoms with Crippen LogP contribution in [0.3, 0.4) is 0 Å². The second-order valence-corrected chi connectivity index (χ2v) is 8.68. The normalized spacial score (nSPS) is 10.8. The summed E-state index contributed by atoms with van der Waals surface area (Å²) in [6.45, 7) is 3.00. The first kappa shape index (κ1) is 27.8. The van der Waals surface area contributed by atoms with Gasteiger partial charge in [-0.1, -0.05) is 60.7 Å². The Morgan fingerprint density at radius 3 is 2.10 bits per heavy atom. The van der Waals surface area contributed by atoms with Gasteiger partial charge in [-0.2, -0.15) is 5.26 Å². The van der Waals surface area contributed by atoms with Gasteiger partial charge in [-0.15, -0.1) is 0 Å². The molecule has 1 N–H and O–H groups in total. The Hall–Kier alpha value is -5.22. The molecule has 202 valence electrons. The van der Waals surface area contributed by atoms with Gasteiger partial charge in [0.2, 0.25) is 0 Å². The quantitative estimate of drug-likeness (QED) is 0.159. The maximum absolute atomic E-state index is 12.6. The number of benzene rings is 4. The highest BCUT2D eigenvalue weighted by Crippen LogP contribution is 2.32. The molecule has 40 heavy (non-hydrogen) atoms. The molecule has 0 atom stereocenters. The fourth-order valence-corrected chi connectivity index (χ4v) is 3.85. The molecule has 1 amide bonds. The van der Waals surface area contributed by atoms with Crippen LogP contribution < -0.4 is 24.3 Å². The van der Waals surface area contributed by atoms with Crippen molar-refractivity contribution in [2.24, 2.45) is 0 Å². The third kappa shape index (κ3) is 7.65. The van der Waals surface area contributed by atoms with Crippen molar-refractivity contribution in [3.8, 4) is 29.1 Å². The van der Waals surface area contributed by atoms with Gasteiger partial charge in [-0.25, -0.2) is 0 Å². The van der Waals surface area contributed by atoms with Gasteiger partial charge < -0.3 is 24.3 Å². The number of hydrogen-bond donors (Lipinski definition) is 1. The summed E-state index contributed by atoms with van der Waals surface area (Å²) in [5.41, 5.74) is 3.18. The number of nitriles is 1. The number of methoxy groups -OCH3 is 1. The fraction of sp³-hybridized carbons (Fsp3) is 0.152. The summed E-state index contributed by atoms with van der Waals surface area (Å²) in [6, 6.07) is 31.8.